The van der Waals surface area contributed by atoms with E-state index in [0.29, 0.717) is 11.4 Å². The second-order valence-electron chi connectivity index (χ2n) is 4.77. The molecule has 1 aliphatic carbocycles. The van der Waals surface area contributed by atoms with Crippen molar-refractivity contribution in [3.8, 4) is 0 Å². The quantitative estimate of drug-likeness (QED) is 0.827. The van der Waals surface area contributed by atoms with E-state index < -0.39 is 5.60 Å². The molecule has 2 aromatic carbocycles. The van der Waals surface area contributed by atoms with E-state index in [9.17, 15) is 5.11 Å². The summed E-state index contributed by atoms with van der Waals surface area (Å²) in [4.78, 5) is 0. The van der Waals surface area contributed by atoms with Gasteiger partial charge in [0.25, 0.3) is 0 Å². The minimum Gasteiger partial charge on any atom is -0.380 e. The number of aliphatic hydroxyl groups is 1. The molecule has 3 rings (SSSR count). The van der Waals surface area contributed by atoms with Gasteiger partial charge >= 0.3 is 0 Å². The lowest BCUT2D eigenvalue weighted by Crippen LogP contribution is -2.25. The Morgan fingerprint density at radius 1 is 1.17 bits per heavy atom. The Labute approximate surface area is 111 Å². The van der Waals surface area contributed by atoms with Gasteiger partial charge in [-0.2, -0.15) is 0 Å². The summed E-state index contributed by atoms with van der Waals surface area (Å²) in [6.07, 6.45) is 0.493. The molecular weight excluding hydrogens is 246 g/mol. The summed E-state index contributed by atoms with van der Waals surface area (Å²) in [5.74, 6) is 0. The number of halogens is 1. The number of fused-ring (bicyclic) bond motifs is 1. The summed E-state index contributed by atoms with van der Waals surface area (Å²) in [5.41, 5.74) is 7.78. The van der Waals surface area contributed by atoms with E-state index in [1.54, 1.807) is 12.1 Å². The van der Waals surface area contributed by atoms with Gasteiger partial charge in [0.15, 0.2) is 0 Å². The van der Waals surface area contributed by atoms with Crippen LogP contribution in [0, 0.1) is 0 Å². The average molecular weight is 260 g/mol. The van der Waals surface area contributed by atoms with E-state index in [4.69, 9.17) is 17.3 Å². The molecule has 0 aliphatic heterocycles. The van der Waals surface area contributed by atoms with Gasteiger partial charge in [-0.1, -0.05) is 48.0 Å². The molecule has 0 aromatic heterocycles. The second kappa shape index (κ2) is 4.09. The van der Waals surface area contributed by atoms with Gasteiger partial charge in [0, 0.05) is 17.5 Å². The van der Waals surface area contributed by atoms with Crippen LogP contribution < -0.4 is 5.73 Å². The minimum absolute atomic E-state index is 0.134. The van der Waals surface area contributed by atoms with Crippen LogP contribution in [0.2, 0.25) is 5.02 Å². The van der Waals surface area contributed by atoms with Gasteiger partial charge in [-0.15, -0.1) is 0 Å². The van der Waals surface area contributed by atoms with Crippen LogP contribution in [-0.2, 0) is 5.60 Å². The lowest BCUT2D eigenvalue weighted by Gasteiger charge is -2.25. The Hall–Kier alpha value is -1.35. The lowest BCUT2D eigenvalue weighted by molar-refractivity contribution is 0.0776. The van der Waals surface area contributed by atoms with Gasteiger partial charge in [0.2, 0.25) is 0 Å². The Kier molecular flexibility index (Phi) is 2.67. The van der Waals surface area contributed by atoms with Crippen molar-refractivity contribution in [2.45, 2.75) is 18.1 Å². The second-order valence-corrected chi connectivity index (χ2v) is 5.20. The highest BCUT2D eigenvalue weighted by molar-refractivity contribution is 6.30. The monoisotopic (exact) mass is 259 g/mol. The van der Waals surface area contributed by atoms with Gasteiger partial charge in [-0.3, -0.25) is 0 Å². The molecule has 0 fully saturated rings. The molecule has 2 nitrogen and oxygen atoms in total. The van der Waals surface area contributed by atoms with Crippen LogP contribution in [0.25, 0.3) is 0 Å². The van der Waals surface area contributed by atoms with Crippen LogP contribution in [0.15, 0.2) is 48.5 Å². The molecule has 0 spiro atoms. The standard InChI is InChI=1S/C15H14ClNO/c16-11-5-3-4-10(8-11)15(18)9-14(17)12-6-1-2-7-13(12)15/h1-8,14,18H,9,17H2. The molecule has 1 aliphatic rings. The van der Waals surface area contributed by atoms with Gasteiger partial charge < -0.3 is 10.8 Å². The van der Waals surface area contributed by atoms with Crippen molar-refractivity contribution in [2.75, 3.05) is 0 Å². The predicted molar refractivity (Wildman–Crippen MR) is 72.4 cm³/mol. The molecule has 0 bridgehead atoms. The third-order valence-electron chi connectivity index (χ3n) is 3.62. The van der Waals surface area contributed by atoms with Crippen molar-refractivity contribution in [3.63, 3.8) is 0 Å². The number of hydrogen-bond donors (Lipinski definition) is 2. The fourth-order valence-electron chi connectivity index (χ4n) is 2.75. The molecule has 0 heterocycles. The summed E-state index contributed by atoms with van der Waals surface area (Å²) in [5, 5.41) is 11.6. The van der Waals surface area contributed by atoms with Crippen LogP contribution in [-0.4, -0.2) is 5.11 Å². The highest BCUT2D eigenvalue weighted by Crippen LogP contribution is 2.46. The number of hydrogen-bond acceptors (Lipinski definition) is 2. The van der Waals surface area contributed by atoms with Crippen LogP contribution >= 0.6 is 11.6 Å². The highest BCUT2D eigenvalue weighted by atomic mass is 35.5. The van der Waals surface area contributed by atoms with Crippen molar-refractivity contribution < 1.29 is 5.11 Å². The third kappa shape index (κ3) is 1.65. The maximum atomic E-state index is 11.0. The van der Waals surface area contributed by atoms with E-state index in [2.05, 4.69) is 0 Å². The molecule has 0 saturated carbocycles. The maximum absolute atomic E-state index is 11.0. The van der Waals surface area contributed by atoms with Crippen LogP contribution in [0.1, 0.15) is 29.2 Å². The zero-order valence-electron chi connectivity index (χ0n) is 9.81. The third-order valence-corrected chi connectivity index (χ3v) is 3.86. The van der Waals surface area contributed by atoms with E-state index in [1.165, 1.54) is 0 Å². The molecule has 92 valence electrons. The Balaban J connectivity index is 2.18. The summed E-state index contributed by atoms with van der Waals surface area (Å²) in [6.45, 7) is 0. The van der Waals surface area contributed by atoms with E-state index in [1.807, 2.05) is 36.4 Å². The SMILES string of the molecule is NC1CC(O)(c2cccc(Cl)c2)c2ccccc21. The topological polar surface area (TPSA) is 46.2 Å². The zero-order chi connectivity index (χ0) is 12.8. The molecule has 3 heteroatoms. The van der Waals surface area contributed by atoms with Gasteiger partial charge in [-0.05, 0) is 28.8 Å². The number of nitrogens with two attached hydrogens (primary N) is 1. The molecule has 3 N–H and O–H groups in total. The first-order valence-electron chi connectivity index (χ1n) is 5.95. The van der Waals surface area contributed by atoms with Gasteiger partial charge in [0.05, 0.1) is 0 Å². The normalized spacial score (nSPS) is 26.1. The van der Waals surface area contributed by atoms with Crippen molar-refractivity contribution in [1.82, 2.24) is 0 Å². The first-order chi connectivity index (χ1) is 8.61. The Morgan fingerprint density at radius 2 is 1.94 bits per heavy atom. The van der Waals surface area contributed by atoms with Crippen molar-refractivity contribution in [2.24, 2.45) is 5.73 Å². The smallest absolute Gasteiger partial charge is 0.117 e. The average Bonchev–Trinajstić information content (AvgIpc) is 2.64. The molecule has 0 radical (unpaired) electrons. The molecule has 0 amide bonds. The largest absolute Gasteiger partial charge is 0.380 e. The molecular formula is C15H14ClNO. The van der Waals surface area contributed by atoms with Gasteiger partial charge in [0.1, 0.15) is 5.60 Å². The predicted octanol–water partition coefficient (Wildman–Crippen LogP) is 2.98. The molecule has 2 atom stereocenters. The highest BCUT2D eigenvalue weighted by Gasteiger charge is 2.42. The molecule has 2 unspecified atom stereocenters. The van der Waals surface area contributed by atoms with Gasteiger partial charge in [-0.25, -0.2) is 0 Å². The molecule has 0 saturated heterocycles. The van der Waals surface area contributed by atoms with E-state index in [-0.39, 0.29) is 6.04 Å². The summed E-state index contributed by atoms with van der Waals surface area (Å²) >= 11 is 6.01. The van der Waals surface area contributed by atoms with Crippen molar-refractivity contribution in [1.29, 1.82) is 0 Å². The lowest BCUT2D eigenvalue weighted by atomic mass is 9.88. The molecule has 2 aromatic rings. The maximum Gasteiger partial charge on any atom is 0.117 e. The van der Waals surface area contributed by atoms with Crippen molar-refractivity contribution in [3.05, 3.63) is 70.2 Å². The van der Waals surface area contributed by atoms with Crippen molar-refractivity contribution >= 4 is 11.6 Å². The number of rotatable bonds is 1. The van der Waals surface area contributed by atoms with Crippen LogP contribution in [0.4, 0.5) is 0 Å². The van der Waals surface area contributed by atoms with E-state index >= 15 is 0 Å². The fourth-order valence-corrected chi connectivity index (χ4v) is 2.94. The van der Waals surface area contributed by atoms with Crippen LogP contribution in [0.5, 0.6) is 0 Å². The first-order valence-corrected chi connectivity index (χ1v) is 6.32. The Bertz CT molecular complexity index is 599. The van der Waals surface area contributed by atoms with Crippen LogP contribution in [0.3, 0.4) is 0 Å². The Morgan fingerprint density at radius 3 is 2.72 bits per heavy atom. The zero-order valence-corrected chi connectivity index (χ0v) is 10.6. The summed E-state index contributed by atoms with van der Waals surface area (Å²) in [7, 11) is 0. The minimum atomic E-state index is -1.03. The van der Waals surface area contributed by atoms with E-state index in [0.717, 1.165) is 16.7 Å². The summed E-state index contributed by atoms with van der Waals surface area (Å²) < 4.78 is 0. The summed E-state index contributed by atoms with van der Waals surface area (Å²) in [6, 6.07) is 15.0. The fraction of sp³-hybridized carbons (Fsp3) is 0.200. The first kappa shape index (κ1) is 11.7. The number of benzene rings is 2. The molecule has 18 heavy (non-hydrogen) atoms.